The van der Waals surface area contributed by atoms with E-state index in [1.165, 1.54) is 0 Å². The van der Waals surface area contributed by atoms with Gasteiger partial charge in [0.25, 0.3) is 5.91 Å². The smallest absolute Gasteiger partial charge is 0.271 e. The first-order valence-corrected chi connectivity index (χ1v) is 3.28. The highest BCUT2D eigenvalue weighted by Crippen LogP contribution is 2.08. The number of fused-ring (bicyclic) bond motifs is 1. The summed E-state index contributed by atoms with van der Waals surface area (Å²) in [5.41, 5.74) is 5.50. The lowest BCUT2D eigenvalue weighted by Crippen LogP contribution is -2.30. The highest BCUT2D eigenvalue weighted by molar-refractivity contribution is 6.84. The molecule has 0 radical (unpaired) electrons. The van der Waals surface area contributed by atoms with Crippen molar-refractivity contribution in [3.8, 4) is 0 Å². The summed E-state index contributed by atoms with van der Waals surface area (Å²) in [5.74, 6) is 0.316. The van der Waals surface area contributed by atoms with E-state index in [1.54, 1.807) is 6.92 Å². The van der Waals surface area contributed by atoms with Gasteiger partial charge in [-0.25, -0.2) is 9.98 Å². The fourth-order valence-corrected chi connectivity index (χ4v) is 0.982. The number of nitrogens with two attached hydrogens (primary N) is 1. The molecule has 2 aliphatic rings. The summed E-state index contributed by atoms with van der Waals surface area (Å²) in [6, 6.07) is 0. The zero-order chi connectivity index (χ0) is 8.72. The van der Waals surface area contributed by atoms with E-state index < -0.39 is 5.91 Å². The Labute approximate surface area is 67.6 Å². The summed E-state index contributed by atoms with van der Waals surface area (Å²) < 4.78 is 0. The van der Waals surface area contributed by atoms with E-state index in [9.17, 15) is 4.79 Å². The standard InChI is InChI=1S/C6H5N5O/c1-2-8-4-3(5(7)12)10-11-6(4)9-2/h1H3,(H2,7,12). The van der Waals surface area contributed by atoms with Crippen LogP contribution in [0.25, 0.3) is 0 Å². The van der Waals surface area contributed by atoms with Crippen LogP contribution in [0.2, 0.25) is 0 Å². The Morgan fingerprint density at radius 2 is 2.08 bits per heavy atom. The minimum atomic E-state index is -0.627. The molecule has 2 N–H and O–H groups in total. The number of hydrogen-bond donors (Lipinski definition) is 1. The molecule has 0 bridgehead atoms. The van der Waals surface area contributed by atoms with E-state index in [0.717, 1.165) is 0 Å². The number of aliphatic imine (C=N–C) groups is 2. The minimum Gasteiger partial charge on any atom is -0.364 e. The molecule has 0 saturated carbocycles. The van der Waals surface area contributed by atoms with Gasteiger partial charge in [0, 0.05) is 0 Å². The van der Waals surface area contributed by atoms with Crippen molar-refractivity contribution in [3.63, 3.8) is 0 Å². The highest BCUT2D eigenvalue weighted by Gasteiger charge is 2.29. The molecule has 6 nitrogen and oxygen atoms in total. The molecule has 0 aromatic carbocycles. The molecule has 2 heterocycles. The second kappa shape index (κ2) is 2.07. The predicted octanol–water partition coefficient (Wildman–Crippen LogP) is -0.887. The first kappa shape index (κ1) is 6.84. The third-order valence-electron chi connectivity index (χ3n) is 1.46. The van der Waals surface area contributed by atoms with Crippen molar-refractivity contribution < 1.29 is 4.79 Å². The second-order valence-electron chi connectivity index (χ2n) is 2.36. The second-order valence-corrected chi connectivity index (χ2v) is 2.36. The molecule has 0 saturated heterocycles. The van der Waals surface area contributed by atoms with Crippen LogP contribution >= 0.6 is 0 Å². The Balaban J connectivity index is 2.42. The van der Waals surface area contributed by atoms with E-state index in [2.05, 4.69) is 20.2 Å². The van der Waals surface area contributed by atoms with Crippen LogP contribution in [-0.4, -0.2) is 29.0 Å². The van der Waals surface area contributed by atoms with Crippen LogP contribution in [-0.2, 0) is 4.79 Å². The van der Waals surface area contributed by atoms with Gasteiger partial charge >= 0.3 is 0 Å². The zero-order valence-corrected chi connectivity index (χ0v) is 6.27. The Morgan fingerprint density at radius 1 is 1.33 bits per heavy atom. The van der Waals surface area contributed by atoms with Gasteiger partial charge in [0.1, 0.15) is 11.5 Å². The molecule has 1 amide bonds. The van der Waals surface area contributed by atoms with Crippen molar-refractivity contribution in [1.82, 2.24) is 0 Å². The van der Waals surface area contributed by atoms with E-state index >= 15 is 0 Å². The zero-order valence-electron chi connectivity index (χ0n) is 6.27. The average molecular weight is 163 g/mol. The number of carbonyl (C=O) groups excluding carboxylic acids is 1. The van der Waals surface area contributed by atoms with Gasteiger partial charge in [-0.15, -0.1) is 10.2 Å². The third-order valence-corrected chi connectivity index (χ3v) is 1.46. The molecule has 2 aliphatic heterocycles. The van der Waals surface area contributed by atoms with Gasteiger partial charge in [0.05, 0.1) is 0 Å². The van der Waals surface area contributed by atoms with Gasteiger partial charge in [-0.1, -0.05) is 0 Å². The number of amides is 1. The molecule has 0 spiro atoms. The van der Waals surface area contributed by atoms with Crippen LogP contribution in [0.3, 0.4) is 0 Å². The lowest BCUT2D eigenvalue weighted by Gasteiger charge is -1.90. The minimum absolute atomic E-state index is 0.0885. The fraction of sp³-hybridized carbons (Fsp3) is 0.167. The number of amidine groups is 2. The molecule has 0 fully saturated rings. The molecule has 0 atom stereocenters. The Bertz CT molecular complexity index is 387. The highest BCUT2D eigenvalue weighted by atomic mass is 16.1. The normalized spacial score (nSPS) is 19.4. The summed E-state index contributed by atoms with van der Waals surface area (Å²) in [6.45, 7) is 1.71. The molecule has 6 heteroatoms. The summed E-state index contributed by atoms with van der Waals surface area (Å²) in [5, 5.41) is 7.18. The maximum atomic E-state index is 10.7. The maximum absolute atomic E-state index is 10.7. The van der Waals surface area contributed by atoms with E-state index in [1.807, 2.05) is 0 Å². The fourth-order valence-electron chi connectivity index (χ4n) is 0.982. The molecular formula is C6H5N5O. The largest absolute Gasteiger partial charge is 0.364 e. The Morgan fingerprint density at radius 3 is 2.75 bits per heavy atom. The van der Waals surface area contributed by atoms with Gasteiger partial charge in [-0.3, -0.25) is 4.79 Å². The molecule has 0 unspecified atom stereocenters. The SMILES string of the molecule is CC1=NC2=NN=C(C(N)=O)C2=N1. The van der Waals surface area contributed by atoms with E-state index in [0.29, 0.717) is 17.4 Å². The van der Waals surface area contributed by atoms with Crippen LogP contribution in [0.1, 0.15) is 6.92 Å². The lowest BCUT2D eigenvalue weighted by molar-refractivity contribution is -0.111. The van der Waals surface area contributed by atoms with Crippen molar-refractivity contribution in [2.24, 2.45) is 25.9 Å². The van der Waals surface area contributed by atoms with Crippen molar-refractivity contribution in [3.05, 3.63) is 0 Å². The van der Waals surface area contributed by atoms with Gasteiger partial charge in [0.15, 0.2) is 5.71 Å². The monoisotopic (exact) mass is 163 g/mol. The number of hydrogen-bond acceptors (Lipinski definition) is 5. The summed E-state index contributed by atoms with van der Waals surface area (Å²) >= 11 is 0. The average Bonchev–Trinajstić information content (AvgIpc) is 2.43. The van der Waals surface area contributed by atoms with Crippen molar-refractivity contribution >= 4 is 29.0 Å². The molecule has 60 valence electrons. The summed E-state index contributed by atoms with van der Waals surface area (Å²) in [6.07, 6.45) is 0. The number of carbonyl (C=O) groups is 1. The number of nitrogens with zero attached hydrogens (tertiary/aromatic N) is 4. The first-order valence-electron chi connectivity index (χ1n) is 3.28. The predicted molar refractivity (Wildman–Crippen MR) is 44.6 cm³/mol. The quantitative estimate of drug-likeness (QED) is 0.533. The lowest BCUT2D eigenvalue weighted by atomic mass is 10.2. The van der Waals surface area contributed by atoms with Crippen LogP contribution < -0.4 is 5.73 Å². The van der Waals surface area contributed by atoms with Gasteiger partial charge in [-0.05, 0) is 6.92 Å². The van der Waals surface area contributed by atoms with Gasteiger partial charge < -0.3 is 5.73 Å². The number of primary amides is 1. The Kier molecular flexibility index (Phi) is 1.18. The molecule has 12 heavy (non-hydrogen) atoms. The summed E-state index contributed by atoms with van der Waals surface area (Å²) in [4.78, 5) is 18.6. The maximum Gasteiger partial charge on any atom is 0.271 e. The van der Waals surface area contributed by atoms with E-state index in [-0.39, 0.29) is 5.71 Å². The van der Waals surface area contributed by atoms with Crippen molar-refractivity contribution in [2.75, 3.05) is 0 Å². The van der Waals surface area contributed by atoms with Crippen LogP contribution in [0.5, 0.6) is 0 Å². The van der Waals surface area contributed by atoms with Crippen molar-refractivity contribution in [2.45, 2.75) is 6.92 Å². The third kappa shape index (κ3) is 0.777. The number of rotatable bonds is 1. The van der Waals surface area contributed by atoms with Crippen LogP contribution in [0.4, 0.5) is 0 Å². The van der Waals surface area contributed by atoms with Crippen molar-refractivity contribution in [1.29, 1.82) is 0 Å². The molecular weight excluding hydrogens is 158 g/mol. The molecule has 2 rings (SSSR count). The molecule has 0 aliphatic carbocycles. The molecule has 0 aromatic heterocycles. The Hall–Kier alpha value is -1.85. The van der Waals surface area contributed by atoms with Gasteiger partial charge in [-0.2, -0.15) is 0 Å². The summed E-state index contributed by atoms with van der Waals surface area (Å²) in [7, 11) is 0. The van der Waals surface area contributed by atoms with Crippen LogP contribution in [0, 0.1) is 0 Å². The topological polar surface area (TPSA) is 92.5 Å². The van der Waals surface area contributed by atoms with Crippen LogP contribution in [0.15, 0.2) is 20.2 Å². The molecule has 0 aromatic rings. The van der Waals surface area contributed by atoms with E-state index in [4.69, 9.17) is 5.73 Å². The van der Waals surface area contributed by atoms with Gasteiger partial charge in [0.2, 0.25) is 5.84 Å². The first-order chi connectivity index (χ1) is 5.68.